The first-order valence-electron chi connectivity index (χ1n) is 4.15. The Morgan fingerprint density at radius 2 is 2.53 bits per heavy atom. The lowest BCUT2D eigenvalue weighted by atomic mass is 10.3. The lowest BCUT2D eigenvalue weighted by Crippen LogP contribution is -2.05. The second-order valence-electron chi connectivity index (χ2n) is 2.63. The van der Waals surface area contributed by atoms with Crippen LogP contribution >= 0.6 is 11.3 Å². The second-order valence-corrected chi connectivity index (χ2v) is 3.49. The molecule has 0 saturated heterocycles. The predicted octanol–water partition coefficient (Wildman–Crippen LogP) is 1.01. The smallest absolute Gasteiger partial charge is 0.344 e. The molecule has 1 heterocycles. The first kappa shape index (κ1) is 11.4. The van der Waals surface area contributed by atoms with E-state index in [9.17, 15) is 4.79 Å². The van der Waals surface area contributed by atoms with E-state index in [2.05, 4.69) is 20.3 Å². The van der Waals surface area contributed by atoms with E-state index in [-0.39, 0.29) is 0 Å². The van der Waals surface area contributed by atoms with E-state index >= 15 is 0 Å². The van der Waals surface area contributed by atoms with Gasteiger partial charge in [-0.15, -0.1) is 11.3 Å². The minimum absolute atomic E-state index is 0.444. The van der Waals surface area contributed by atoms with Crippen LogP contribution < -0.4 is 5.32 Å². The maximum atomic E-state index is 10.1. The molecule has 0 amide bonds. The number of carboxylic acids is 1. The summed E-state index contributed by atoms with van der Waals surface area (Å²) in [7, 11) is 1.77. The molecule has 0 radical (unpaired) electrons. The number of aliphatic carboxylic acids is 1. The molecule has 0 spiro atoms. The number of anilines is 1. The number of rotatable bonds is 5. The number of aromatic nitrogens is 1. The van der Waals surface area contributed by atoms with E-state index in [4.69, 9.17) is 5.11 Å². The lowest BCUT2D eigenvalue weighted by molar-refractivity contribution is -0.142. The van der Waals surface area contributed by atoms with Crippen LogP contribution in [-0.2, 0) is 9.63 Å². The third-order valence-electron chi connectivity index (χ3n) is 1.48. The van der Waals surface area contributed by atoms with Crippen LogP contribution in [0.2, 0.25) is 0 Å². The molecule has 1 aromatic heterocycles. The molecular formula is C8H11N3O3S. The Morgan fingerprint density at radius 1 is 1.80 bits per heavy atom. The number of hydrogen-bond donors (Lipinski definition) is 2. The first-order chi connectivity index (χ1) is 7.13. The Kier molecular flexibility index (Phi) is 4.04. The first-order valence-corrected chi connectivity index (χ1v) is 5.03. The van der Waals surface area contributed by atoms with Crippen molar-refractivity contribution < 1.29 is 14.7 Å². The number of thiazole rings is 1. The molecule has 0 aromatic carbocycles. The van der Waals surface area contributed by atoms with Crippen molar-refractivity contribution in [1.29, 1.82) is 0 Å². The highest BCUT2D eigenvalue weighted by Gasteiger charge is 2.04. The Balaban J connectivity index is 2.58. The van der Waals surface area contributed by atoms with Gasteiger partial charge in [0.2, 0.25) is 6.61 Å². The summed E-state index contributed by atoms with van der Waals surface area (Å²) in [5, 5.41) is 17.4. The number of hydrogen-bond acceptors (Lipinski definition) is 6. The summed E-state index contributed by atoms with van der Waals surface area (Å²) >= 11 is 1.44. The highest BCUT2D eigenvalue weighted by atomic mass is 32.1. The molecule has 1 rings (SSSR count). The summed E-state index contributed by atoms with van der Waals surface area (Å²) in [4.78, 5) is 18.9. The van der Waals surface area contributed by atoms with Crippen molar-refractivity contribution in [2.24, 2.45) is 5.16 Å². The molecule has 0 bridgehead atoms. The average Bonchev–Trinajstić information content (AvgIpc) is 2.65. The van der Waals surface area contributed by atoms with E-state index in [0.29, 0.717) is 11.4 Å². The van der Waals surface area contributed by atoms with Crippen LogP contribution in [-0.4, -0.2) is 35.4 Å². The fourth-order valence-corrected chi connectivity index (χ4v) is 1.50. The van der Waals surface area contributed by atoms with Crippen molar-refractivity contribution in [2.45, 2.75) is 6.92 Å². The lowest BCUT2D eigenvalue weighted by Gasteiger charge is -1.96. The number of nitrogens with zero attached hydrogens (tertiary/aromatic N) is 2. The van der Waals surface area contributed by atoms with Crippen molar-refractivity contribution in [3.8, 4) is 0 Å². The quantitative estimate of drug-likeness (QED) is 0.581. The summed E-state index contributed by atoms with van der Waals surface area (Å²) in [6, 6.07) is 0. The highest BCUT2D eigenvalue weighted by Crippen LogP contribution is 2.14. The zero-order valence-electron chi connectivity index (χ0n) is 8.35. The molecule has 2 N–H and O–H groups in total. The summed E-state index contributed by atoms with van der Waals surface area (Å²) in [5.74, 6) is -1.05. The molecule has 82 valence electrons. The molecular weight excluding hydrogens is 218 g/mol. The van der Waals surface area contributed by atoms with Gasteiger partial charge in [0.15, 0.2) is 5.13 Å². The zero-order valence-corrected chi connectivity index (χ0v) is 9.17. The predicted molar refractivity (Wildman–Crippen MR) is 57.5 cm³/mol. The molecule has 0 atom stereocenters. The third kappa shape index (κ3) is 3.55. The molecule has 0 aliphatic heterocycles. The Bertz CT molecular complexity index is 375. The van der Waals surface area contributed by atoms with Crippen LogP contribution in [0.15, 0.2) is 10.5 Å². The monoisotopic (exact) mass is 229 g/mol. The van der Waals surface area contributed by atoms with Gasteiger partial charge in [-0.25, -0.2) is 9.78 Å². The van der Waals surface area contributed by atoms with Gasteiger partial charge in [0, 0.05) is 12.4 Å². The molecule has 0 aliphatic carbocycles. The molecule has 1 aromatic rings. The summed E-state index contributed by atoms with van der Waals surface area (Å²) in [6.45, 7) is 1.26. The van der Waals surface area contributed by atoms with Crippen LogP contribution in [0.3, 0.4) is 0 Å². The molecule has 7 heteroatoms. The van der Waals surface area contributed by atoms with Crippen molar-refractivity contribution in [1.82, 2.24) is 4.98 Å². The van der Waals surface area contributed by atoms with Gasteiger partial charge < -0.3 is 15.3 Å². The number of nitrogens with one attached hydrogen (secondary N) is 1. The van der Waals surface area contributed by atoms with Crippen LogP contribution in [0.5, 0.6) is 0 Å². The Hall–Kier alpha value is -1.63. The fourth-order valence-electron chi connectivity index (χ4n) is 0.786. The molecule has 6 nitrogen and oxygen atoms in total. The molecule has 0 fully saturated rings. The van der Waals surface area contributed by atoms with Gasteiger partial charge in [-0.2, -0.15) is 0 Å². The largest absolute Gasteiger partial charge is 0.479 e. The molecule has 15 heavy (non-hydrogen) atoms. The van der Waals surface area contributed by atoms with Gasteiger partial charge in [0.05, 0.1) is 0 Å². The SMILES string of the molecule is CNc1nc(/C(C)=N/OCC(=O)O)cs1. The normalized spacial score (nSPS) is 11.2. The number of carboxylic acid groups (broad SMARTS) is 1. The highest BCUT2D eigenvalue weighted by molar-refractivity contribution is 7.13. The summed E-state index contributed by atoms with van der Waals surface area (Å²) in [6.07, 6.45) is 0. The van der Waals surface area contributed by atoms with E-state index in [1.165, 1.54) is 11.3 Å². The van der Waals surface area contributed by atoms with Gasteiger partial charge in [-0.3, -0.25) is 0 Å². The minimum Gasteiger partial charge on any atom is -0.479 e. The molecule has 0 aliphatic rings. The van der Waals surface area contributed by atoms with Crippen molar-refractivity contribution in [3.05, 3.63) is 11.1 Å². The standard InChI is InChI=1S/C8H11N3O3S/c1-5(11-14-3-7(12)13)6-4-15-8(9-2)10-6/h4H,3H2,1-2H3,(H,9,10)(H,12,13)/b11-5+. The topological polar surface area (TPSA) is 83.8 Å². The Morgan fingerprint density at radius 3 is 3.07 bits per heavy atom. The van der Waals surface area contributed by atoms with Crippen molar-refractivity contribution in [3.63, 3.8) is 0 Å². The third-order valence-corrected chi connectivity index (χ3v) is 2.34. The van der Waals surface area contributed by atoms with Gasteiger partial charge in [-0.05, 0) is 6.92 Å². The molecule has 0 saturated carbocycles. The number of oxime groups is 1. The molecule has 0 unspecified atom stereocenters. The van der Waals surface area contributed by atoms with E-state index < -0.39 is 12.6 Å². The second kappa shape index (κ2) is 5.30. The minimum atomic E-state index is -1.05. The van der Waals surface area contributed by atoms with Gasteiger partial charge >= 0.3 is 5.97 Å². The van der Waals surface area contributed by atoms with E-state index in [1.54, 1.807) is 14.0 Å². The maximum absolute atomic E-state index is 10.1. The van der Waals surface area contributed by atoms with Gasteiger partial charge in [0.1, 0.15) is 11.4 Å². The van der Waals surface area contributed by atoms with Gasteiger partial charge in [0.25, 0.3) is 0 Å². The van der Waals surface area contributed by atoms with E-state index in [0.717, 1.165) is 5.13 Å². The summed E-state index contributed by atoms with van der Waals surface area (Å²) < 4.78 is 0. The number of carbonyl (C=O) groups is 1. The average molecular weight is 229 g/mol. The van der Waals surface area contributed by atoms with Crippen LogP contribution in [0, 0.1) is 0 Å². The zero-order chi connectivity index (χ0) is 11.3. The van der Waals surface area contributed by atoms with Crippen molar-refractivity contribution >= 4 is 28.1 Å². The van der Waals surface area contributed by atoms with E-state index in [1.807, 2.05) is 5.38 Å². The van der Waals surface area contributed by atoms with Gasteiger partial charge in [-0.1, -0.05) is 5.16 Å². The summed E-state index contributed by atoms with van der Waals surface area (Å²) in [5.41, 5.74) is 1.23. The maximum Gasteiger partial charge on any atom is 0.344 e. The van der Waals surface area contributed by atoms with Crippen LogP contribution in [0.4, 0.5) is 5.13 Å². The fraction of sp³-hybridized carbons (Fsp3) is 0.375. The Labute approximate surface area is 90.6 Å². The van der Waals surface area contributed by atoms with Crippen LogP contribution in [0.1, 0.15) is 12.6 Å². The van der Waals surface area contributed by atoms with Crippen molar-refractivity contribution in [2.75, 3.05) is 19.0 Å². The van der Waals surface area contributed by atoms with Crippen LogP contribution in [0.25, 0.3) is 0 Å².